The van der Waals surface area contributed by atoms with Crippen LogP contribution in [0.15, 0.2) is 54.6 Å². The van der Waals surface area contributed by atoms with Gasteiger partial charge in [0.1, 0.15) is 5.75 Å². The van der Waals surface area contributed by atoms with Crippen molar-refractivity contribution < 1.29 is 9.53 Å². The maximum Gasteiger partial charge on any atom is 0.258 e. The molecule has 0 saturated heterocycles. The van der Waals surface area contributed by atoms with Gasteiger partial charge in [-0.25, -0.2) is 0 Å². The lowest BCUT2D eigenvalue weighted by Gasteiger charge is -2.31. The Bertz CT molecular complexity index is 717. The van der Waals surface area contributed by atoms with Gasteiger partial charge in [-0.15, -0.1) is 0 Å². The topological polar surface area (TPSA) is 41.6 Å². The van der Waals surface area contributed by atoms with E-state index in [1.165, 1.54) is 11.1 Å². The molecule has 28 heavy (non-hydrogen) atoms. The van der Waals surface area contributed by atoms with Gasteiger partial charge in [0.05, 0.1) is 6.04 Å². The number of benzene rings is 2. The summed E-state index contributed by atoms with van der Waals surface area (Å²) in [5.41, 5.74) is 2.67. The first-order valence-corrected chi connectivity index (χ1v) is 10.1. The molecule has 2 aromatic carbocycles. The molecule has 0 heterocycles. The molecule has 0 saturated carbocycles. The van der Waals surface area contributed by atoms with Crippen LogP contribution in [0.4, 0.5) is 0 Å². The molecule has 0 bridgehead atoms. The average molecular weight is 383 g/mol. The monoisotopic (exact) mass is 382 g/mol. The molecule has 0 aromatic heterocycles. The Kier molecular flexibility index (Phi) is 8.06. The van der Waals surface area contributed by atoms with Crippen molar-refractivity contribution in [1.29, 1.82) is 0 Å². The molecule has 4 heteroatoms. The minimum atomic E-state index is -0.104. The third kappa shape index (κ3) is 6.38. The number of amides is 1. The second kappa shape index (κ2) is 10.3. The maximum absolute atomic E-state index is 12.3. The summed E-state index contributed by atoms with van der Waals surface area (Å²) in [5, 5.41) is 3.04. The minimum Gasteiger partial charge on any atom is -0.484 e. The van der Waals surface area contributed by atoms with Crippen molar-refractivity contribution in [3.63, 3.8) is 0 Å². The first kappa shape index (κ1) is 22.0. The van der Waals surface area contributed by atoms with Gasteiger partial charge in [0.25, 0.3) is 5.91 Å². The second-order valence-electron chi connectivity index (χ2n) is 8.01. The van der Waals surface area contributed by atoms with Crippen molar-refractivity contribution in [1.82, 2.24) is 10.2 Å². The third-order valence-electron chi connectivity index (χ3n) is 5.02. The normalized spacial score (nSPS) is 12.6. The smallest absolute Gasteiger partial charge is 0.258 e. The van der Waals surface area contributed by atoms with Crippen LogP contribution in [-0.4, -0.2) is 37.0 Å². The van der Waals surface area contributed by atoms with E-state index in [1.54, 1.807) is 0 Å². The van der Waals surface area contributed by atoms with E-state index in [0.717, 1.165) is 13.1 Å². The van der Waals surface area contributed by atoms with Gasteiger partial charge < -0.3 is 10.1 Å². The number of carbonyl (C=O) groups excluding carboxylic acids is 1. The highest BCUT2D eigenvalue weighted by molar-refractivity contribution is 5.77. The van der Waals surface area contributed by atoms with E-state index in [9.17, 15) is 4.79 Å². The van der Waals surface area contributed by atoms with Crippen molar-refractivity contribution in [2.45, 2.75) is 46.1 Å². The van der Waals surface area contributed by atoms with Crippen LogP contribution in [-0.2, 0) is 10.2 Å². The molecule has 152 valence electrons. The molecule has 4 nitrogen and oxygen atoms in total. The van der Waals surface area contributed by atoms with Gasteiger partial charge in [-0.3, -0.25) is 9.69 Å². The van der Waals surface area contributed by atoms with Crippen molar-refractivity contribution in [2.24, 2.45) is 0 Å². The molecular weight excluding hydrogens is 348 g/mol. The quantitative estimate of drug-likeness (QED) is 0.691. The first-order chi connectivity index (χ1) is 13.3. The predicted molar refractivity (Wildman–Crippen MR) is 116 cm³/mol. The third-order valence-corrected chi connectivity index (χ3v) is 5.02. The van der Waals surface area contributed by atoms with Gasteiger partial charge in [-0.2, -0.15) is 0 Å². The molecule has 0 aliphatic carbocycles. The molecular formula is C24H34N2O2. The standard InChI is InChI=1S/C24H34N2O2/c1-6-26(7-2)22(19-13-15-20(16-14-19)24(3,4)5)17-25-23(27)18-28-21-11-9-8-10-12-21/h8-16,22H,6-7,17-18H2,1-5H3,(H,25,27). The number of carbonyl (C=O) groups is 1. The number of nitrogens with one attached hydrogen (secondary N) is 1. The summed E-state index contributed by atoms with van der Waals surface area (Å²) in [6.07, 6.45) is 0. The average Bonchev–Trinajstić information content (AvgIpc) is 2.70. The predicted octanol–water partition coefficient (Wildman–Crippen LogP) is 4.56. The van der Waals surface area contributed by atoms with E-state index in [2.05, 4.69) is 69.1 Å². The molecule has 0 aliphatic rings. The summed E-state index contributed by atoms with van der Waals surface area (Å²) >= 11 is 0. The number of hydrogen-bond donors (Lipinski definition) is 1. The largest absolute Gasteiger partial charge is 0.484 e. The highest BCUT2D eigenvalue weighted by Gasteiger charge is 2.20. The molecule has 1 atom stereocenters. The molecule has 0 spiro atoms. The van der Waals surface area contributed by atoms with Crippen LogP contribution in [0.5, 0.6) is 5.75 Å². The molecule has 0 radical (unpaired) electrons. The van der Waals surface area contributed by atoms with Crippen LogP contribution in [0.25, 0.3) is 0 Å². The first-order valence-electron chi connectivity index (χ1n) is 10.1. The van der Waals surface area contributed by atoms with E-state index in [-0.39, 0.29) is 24.0 Å². The SMILES string of the molecule is CCN(CC)C(CNC(=O)COc1ccccc1)c1ccc(C(C)(C)C)cc1. The van der Waals surface area contributed by atoms with Crippen molar-refractivity contribution in [3.05, 3.63) is 65.7 Å². The van der Waals surface area contributed by atoms with E-state index in [0.29, 0.717) is 12.3 Å². The minimum absolute atomic E-state index is 0.0257. The molecule has 1 unspecified atom stereocenters. The van der Waals surface area contributed by atoms with Crippen LogP contribution < -0.4 is 10.1 Å². The van der Waals surface area contributed by atoms with Crippen LogP contribution in [0, 0.1) is 0 Å². The zero-order valence-corrected chi connectivity index (χ0v) is 17.9. The lowest BCUT2D eigenvalue weighted by Crippen LogP contribution is -2.39. The van der Waals surface area contributed by atoms with E-state index >= 15 is 0 Å². The number of hydrogen-bond acceptors (Lipinski definition) is 3. The van der Waals surface area contributed by atoms with Gasteiger partial charge in [0.15, 0.2) is 6.61 Å². The van der Waals surface area contributed by atoms with Crippen LogP contribution in [0.1, 0.15) is 51.8 Å². The summed E-state index contributed by atoms with van der Waals surface area (Å²) in [4.78, 5) is 14.6. The number of likely N-dealkylation sites (N-methyl/N-ethyl adjacent to an activating group) is 1. The lowest BCUT2D eigenvalue weighted by atomic mass is 9.86. The van der Waals surface area contributed by atoms with E-state index in [1.807, 2.05) is 30.3 Å². The van der Waals surface area contributed by atoms with Crippen LogP contribution in [0.2, 0.25) is 0 Å². The van der Waals surface area contributed by atoms with Crippen molar-refractivity contribution in [3.8, 4) is 5.75 Å². The second-order valence-corrected chi connectivity index (χ2v) is 8.01. The number of nitrogens with zero attached hydrogens (tertiary/aromatic N) is 1. The van der Waals surface area contributed by atoms with Crippen LogP contribution in [0.3, 0.4) is 0 Å². The van der Waals surface area contributed by atoms with Gasteiger partial charge in [-0.05, 0) is 41.8 Å². The summed E-state index contributed by atoms with van der Waals surface area (Å²) in [5.74, 6) is 0.600. The summed E-state index contributed by atoms with van der Waals surface area (Å²) < 4.78 is 5.55. The Morgan fingerprint density at radius 3 is 2.14 bits per heavy atom. The fourth-order valence-corrected chi connectivity index (χ4v) is 3.25. The Balaban J connectivity index is 2.01. The zero-order chi connectivity index (χ0) is 20.6. The molecule has 1 N–H and O–H groups in total. The summed E-state index contributed by atoms with van der Waals surface area (Å²) in [6, 6.07) is 18.3. The fourth-order valence-electron chi connectivity index (χ4n) is 3.25. The maximum atomic E-state index is 12.3. The number of rotatable bonds is 9. The Morgan fingerprint density at radius 2 is 1.61 bits per heavy atom. The number of para-hydroxylation sites is 1. The Morgan fingerprint density at radius 1 is 1.00 bits per heavy atom. The highest BCUT2D eigenvalue weighted by atomic mass is 16.5. The summed E-state index contributed by atoms with van der Waals surface area (Å²) in [7, 11) is 0. The van der Waals surface area contributed by atoms with Gasteiger partial charge in [0, 0.05) is 6.54 Å². The van der Waals surface area contributed by atoms with Crippen LogP contribution >= 0.6 is 0 Å². The zero-order valence-electron chi connectivity index (χ0n) is 17.9. The van der Waals surface area contributed by atoms with Gasteiger partial charge >= 0.3 is 0 Å². The van der Waals surface area contributed by atoms with E-state index in [4.69, 9.17) is 4.74 Å². The highest BCUT2D eigenvalue weighted by Crippen LogP contribution is 2.26. The molecule has 2 rings (SSSR count). The molecule has 2 aromatic rings. The summed E-state index contributed by atoms with van der Waals surface area (Å²) in [6.45, 7) is 13.4. The lowest BCUT2D eigenvalue weighted by molar-refractivity contribution is -0.123. The Labute approximate surface area is 169 Å². The van der Waals surface area contributed by atoms with Gasteiger partial charge in [0.2, 0.25) is 0 Å². The van der Waals surface area contributed by atoms with E-state index < -0.39 is 0 Å². The number of ether oxygens (including phenoxy) is 1. The van der Waals surface area contributed by atoms with Crippen molar-refractivity contribution in [2.75, 3.05) is 26.2 Å². The Hall–Kier alpha value is -2.33. The fraction of sp³-hybridized carbons (Fsp3) is 0.458. The van der Waals surface area contributed by atoms with Gasteiger partial charge in [-0.1, -0.05) is 77.1 Å². The molecule has 0 fully saturated rings. The molecule has 0 aliphatic heterocycles. The van der Waals surface area contributed by atoms with Crippen molar-refractivity contribution >= 4 is 5.91 Å². The molecule has 1 amide bonds.